The van der Waals surface area contributed by atoms with E-state index in [1.54, 1.807) is 0 Å². The van der Waals surface area contributed by atoms with Crippen molar-refractivity contribution >= 4 is 82.5 Å². The molecule has 0 saturated carbocycles. The monoisotopic (exact) mass is 741 g/mol. The largest absolute Gasteiger partial charge is 0.456 e. The van der Waals surface area contributed by atoms with Gasteiger partial charge < -0.3 is 18.5 Å². The Morgan fingerprint density at radius 2 is 1.05 bits per heavy atom. The Morgan fingerprint density at radius 3 is 1.84 bits per heavy atom. The SMILES string of the molecule is C1=CCC2C(=C1)c1ccccc1N2c1cc(-c2ccc3oc4ccccc4c3c2)cc(-n2c3ccccc3c3cc(-n4c5ccccc5c5ccccc54)ccc32)c1. The van der Waals surface area contributed by atoms with E-state index in [0.29, 0.717) is 0 Å². The summed E-state index contributed by atoms with van der Waals surface area (Å²) in [6.45, 7) is 0. The molecular formula is C54H35N3O. The summed E-state index contributed by atoms with van der Waals surface area (Å²) in [4.78, 5) is 2.57. The van der Waals surface area contributed by atoms with Gasteiger partial charge in [-0.3, -0.25) is 0 Å². The van der Waals surface area contributed by atoms with E-state index in [9.17, 15) is 0 Å². The number of nitrogens with zero attached hydrogens (tertiary/aromatic N) is 3. The Labute approximate surface area is 334 Å². The number of benzene rings is 8. The lowest BCUT2D eigenvalue weighted by Gasteiger charge is -2.29. The summed E-state index contributed by atoms with van der Waals surface area (Å²) in [7, 11) is 0. The highest BCUT2D eigenvalue weighted by Crippen LogP contribution is 2.49. The van der Waals surface area contributed by atoms with Crippen molar-refractivity contribution in [3.05, 3.63) is 200 Å². The Bertz CT molecular complexity index is 3520. The van der Waals surface area contributed by atoms with Crippen molar-refractivity contribution in [3.63, 3.8) is 0 Å². The van der Waals surface area contributed by atoms with Gasteiger partial charge in [-0.15, -0.1) is 0 Å². The van der Waals surface area contributed by atoms with Crippen LogP contribution in [0.25, 0.3) is 93.6 Å². The first-order valence-corrected chi connectivity index (χ1v) is 20.1. The molecule has 58 heavy (non-hydrogen) atoms. The summed E-state index contributed by atoms with van der Waals surface area (Å²) < 4.78 is 11.2. The Kier molecular flexibility index (Phi) is 6.53. The van der Waals surface area contributed by atoms with Crippen LogP contribution in [-0.2, 0) is 0 Å². The Hall–Kier alpha value is -7.56. The molecule has 272 valence electrons. The summed E-state index contributed by atoms with van der Waals surface area (Å²) >= 11 is 0. The summed E-state index contributed by atoms with van der Waals surface area (Å²) in [5, 5.41) is 7.25. The molecule has 11 aromatic rings. The van der Waals surface area contributed by atoms with Crippen LogP contribution in [0.2, 0.25) is 0 Å². The number of allylic oxidation sites excluding steroid dienone is 2. The lowest BCUT2D eigenvalue weighted by atomic mass is 9.96. The molecule has 1 aliphatic heterocycles. The third kappa shape index (κ3) is 4.45. The smallest absolute Gasteiger partial charge is 0.135 e. The molecule has 0 spiro atoms. The van der Waals surface area contributed by atoms with Crippen molar-refractivity contribution in [3.8, 4) is 22.5 Å². The van der Waals surface area contributed by atoms with E-state index in [1.165, 1.54) is 66.1 Å². The minimum absolute atomic E-state index is 0.220. The number of hydrogen-bond acceptors (Lipinski definition) is 2. The number of rotatable bonds is 4. The zero-order valence-electron chi connectivity index (χ0n) is 31.5. The van der Waals surface area contributed by atoms with Crippen LogP contribution in [0, 0.1) is 0 Å². The first-order chi connectivity index (χ1) is 28.8. The number of anilines is 2. The standard InChI is InChI=1S/C54H35N3O/c1-7-19-47-39(13-1)40-14-2-8-20-48(40)55(47)36-26-27-52-45(33-36)43-17-5-11-23-51(43)57(52)38-30-35(34-25-28-54-46(31-34)44-18-6-12-24-53(44)58-54)29-37(32-38)56-49-21-9-3-15-41(49)42-16-4-10-22-50(42)56/h1-21,23-33,50H,22H2. The first-order valence-electron chi connectivity index (χ1n) is 20.1. The average molecular weight is 742 g/mol. The summed E-state index contributed by atoms with van der Waals surface area (Å²) in [6, 6.07) is 64.6. The second-order valence-corrected chi connectivity index (χ2v) is 15.7. The van der Waals surface area contributed by atoms with Crippen LogP contribution in [0.3, 0.4) is 0 Å². The second-order valence-electron chi connectivity index (χ2n) is 15.7. The predicted molar refractivity (Wildman–Crippen MR) is 242 cm³/mol. The van der Waals surface area contributed by atoms with Crippen LogP contribution in [0.1, 0.15) is 12.0 Å². The summed E-state index contributed by atoms with van der Waals surface area (Å²) in [6.07, 6.45) is 7.77. The van der Waals surface area contributed by atoms with Crippen LogP contribution in [0.5, 0.6) is 0 Å². The quantitative estimate of drug-likeness (QED) is 0.180. The number of hydrogen-bond donors (Lipinski definition) is 0. The van der Waals surface area contributed by atoms with Gasteiger partial charge >= 0.3 is 0 Å². The molecule has 3 aromatic heterocycles. The van der Waals surface area contributed by atoms with Crippen LogP contribution < -0.4 is 4.90 Å². The topological polar surface area (TPSA) is 26.2 Å². The zero-order chi connectivity index (χ0) is 37.9. The Balaban J connectivity index is 1.07. The molecule has 0 amide bonds. The third-order valence-corrected chi connectivity index (χ3v) is 12.6. The Morgan fingerprint density at radius 1 is 0.431 bits per heavy atom. The molecule has 2 aliphatic rings. The molecule has 1 atom stereocenters. The maximum absolute atomic E-state index is 6.28. The van der Waals surface area contributed by atoms with Gasteiger partial charge in [0.1, 0.15) is 11.2 Å². The van der Waals surface area contributed by atoms with Crippen molar-refractivity contribution in [2.45, 2.75) is 12.5 Å². The molecule has 1 unspecified atom stereocenters. The highest BCUT2D eigenvalue weighted by atomic mass is 16.3. The van der Waals surface area contributed by atoms with Gasteiger partial charge in [-0.25, -0.2) is 0 Å². The number of fused-ring (bicyclic) bond motifs is 12. The van der Waals surface area contributed by atoms with E-state index < -0.39 is 0 Å². The van der Waals surface area contributed by atoms with Crippen LogP contribution in [0.4, 0.5) is 11.4 Å². The van der Waals surface area contributed by atoms with Crippen LogP contribution in [-0.4, -0.2) is 15.2 Å². The van der Waals surface area contributed by atoms with Gasteiger partial charge in [0.15, 0.2) is 0 Å². The molecular weight excluding hydrogens is 707 g/mol. The van der Waals surface area contributed by atoms with Crippen molar-refractivity contribution in [2.24, 2.45) is 0 Å². The van der Waals surface area contributed by atoms with Gasteiger partial charge in [-0.05, 0) is 102 Å². The molecule has 1 aliphatic carbocycles. The molecule has 0 saturated heterocycles. The van der Waals surface area contributed by atoms with Crippen molar-refractivity contribution in [1.29, 1.82) is 0 Å². The average Bonchev–Trinajstić information content (AvgIpc) is 4.02. The summed E-state index contributed by atoms with van der Waals surface area (Å²) in [5.74, 6) is 0. The molecule has 0 radical (unpaired) electrons. The zero-order valence-corrected chi connectivity index (χ0v) is 31.5. The molecule has 0 N–H and O–H groups in total. The first kappa shape index (κ1) is 31.6. The lowest BCUT2D eigenvalue weighted by Crippen LogP contribution is -2.27. The molecule has 0 fully saturated rings. The minimum atomic E-state index is 0.220. The van der Waals surface area contributed by atoms with Gasteiger partial charge in [0, 0.05) is 60.6 Å². The van der Waals surface area contributed by atoms with Crippen molar-refractivity contribution in [2.75, 3.05) is 4.90 Å². The summed E-state index contributed by atoms with van der Waals surface area (Å²) in [5.41, 5.74) is 16.3. The maximum atomic E-state index is 6.28. The van der Waals surface area contributed by atoms with Gasteiger partial charge in [-0.1, -0.05) is 115 Å². The molecule has 4 nitrogen and oxygen atoms in total. The van der Waals surface area contributed by atoms with E-state index in [-0.39, 0.29) is 6.04 Å². The fourth-order valence-corrected chi connectivity index (χ4v) is 10.1. The number of furan rings is 1. The van der Waals surface area contributed by atoms with Gasteiger partial charge in [0.25, 0.3) is 0 Å². The van der Waals surface area contributed by atoms with Crippen molar-refractivity contribution < 1.29 is 4.42 Å². The normalized spacial score (nSPS) is 15.0. The van der Waals surface area contributed by atoms with Gasteiger partial charge in [-0.2, -0.15) is 0 Å². The van der Waals surface area contributed by atoms with Gasteiger partial charge in [0.05, 0.1) is 28.1 Å². The molecule has 4 heteroatoms. The third-order valence-electron chi connectivity index (χ3n) is 12.6. The number of para-hydroxylation sites is 5. The lowest BCUT2D eigenvalue weighted by molar-refractivity contribution is 0.669. The highest BCUT2D eigenvalue weighted by molar-refractivity contribution is 6.13. The van der Waals surface area contributed by atoms with E-state index in [0.717, 1.165) is 50.9 Å². The molecule has 4 heterocycles. The molecule has 13 rings (SSSR count). The fraction of sp³-hybridized carbons (Fsp3) is 0.0370. The fourth-order valence-electron chi connectivity index (χ4n) is 10.1. The van der Waals surface area contributed by atoms with E-state index in [4.69, 9.17) is 4.42 Å². The number of aromatic nitrogens is 2. The van der Waals surface area contributed by atoms with Gasteiger partial charge in [0.2, 0.25) is 0 Å². The highest BCUT2D eigenvalue weighted by Gasteiger charge is 2.35. The van der Waals surface area contributed by atoms with E-state index in [1.807, 2.05) is 6.07 Å². The second kappa shape index (κ2) is 12.0. The minimum Gasteiger partial charge on any atom is -0.456 e. The van der Waals surface area contributed by atoms with Crippen LogP contribution >= 0.6 is 0 Å². The molecule has 8 aromatic carbocycles. The van der Waals surface area contributed by atoms with Crippen LogP contribution in [0.15, 0.2) is 199 Å². The predicted octanol–water partition coefficient (Wildman–Crippen LogP) is 14.3. The van der Waals surface area contributed by atoms with Crippen molar-refractivity contribution in [1.82, 2.24) is 9.13 Å². The van der Waals surface area contributed by atoms with E-state index >= 15 is 0 Å². The molecule has 0 bridgehead atoms. The maximum Gasteiger partial charge on any atom is 0.135 e. The van der Waals surface area contributed by atoms with E-state index in [2.05, 4.69) is 202 Å².